The summed E-state index contributed by atoms with van der Waals surface area (Å²) in [5.41, 5.74) is -0.250. The first-order valence-electron chi connectivity index (χ1n) is 6.86. The molecule has 1 saturated carbocycles. The van der Waals surface area contributed by atoms with Crippen LogP contribution in [0.1, 0.15) is 36.0 Å². The molecule has 8 heteroatoms. The van der Waals surface area contributed by atoms with Gasteiger partial charge in [0.25, 0.3) is 11.6 Å². The number of hydrogen-bond acceptors (Lipinski definition) is 4. The lowest BCUT2D eigenvalue weighted by molar-refractivity contribution is -0.385. The standard InChI is InChI=1S/C14H15BrN2O5/c15-9-3-6-11(12(7-9)17(21)22)13(18)16-10-4-1-8(2-5-10)14(19)20/h3,6-8,10H,1-2,4-5H2,(H,16,18)(H,19,20). The van der Waals surface area contributed by atoms with Crippen LogP contribution in [0.2, 0.25) is 0 Å². The number of aliphatic carboxylic acids is 1. The van der Waals surface area contributed by atoms with Crippen molar-refractivity contribution in [2.24, 2.45) is 5.92 Å². The summed E-state index contributed by atoms with van der Waals surface area (Å²) < 4.78 is 0.526. The normalized spacial score (nSPS) is 21.1. The fraction of sp³-hybridized carbons (Fsp3) is 0.429. The van der Waals surface area contributed by atoms with E-state index in [0.29, 0.717) is 30.2 Å². The SMILES string of the molecule is O=C(NC1CCC(C(=O)O)CC1)c1ccc(Br)cc1[N+](=O)[O-]. The number of nitro groups is 1. The number of carbonyl (C=O) groups is 2. The molecule has 0 aliphatic heterocycles. The summed E-state index contributed by atoms with van der Waals surface area (Å²) in [6.07, 6.45) is 2.13. The molecule has 0 spiro atoms. The molecule has 7 nitrogen and oxygen atoms in total. The van der Waals surface area contributed by atoms with E-state index in [1.54, 1.807) is 6.07 Å². The Morgan fingerprint density at radius 1 is 1.27 bits per heavy atom. The van der Waals surface area contributed by atoms with Crippen LogP contribution < -0.4 is 5.32 Å². The lowest BCUT2D eigenvalue weighted by atomic mass is 9.86. The topological polar surface area (TPSA) is 110 Å². The third-order valence-electron chi connectivity index (χ3n) is 3.81. The molecule has 2 N–H and O–H groups in total. The Labute approximate surface area is 135 Å². The Bertz CT molecular complexity index is 611. The molecular weight excluding hydrogens is 356 g/mol. The van der Waals surface area contributed by atoms with Crippen molar-refractivity contribution in [1.29, 1.82) is 0 Å². The molecular formula is C14H15BrN2O5. The van der Waals surface area contributed by atoms with Crippen LogP contribution >= 0.6 is 15.9 Å². The molecule has 0 bridgehead atoms. The Balaban J connectivity index is 2.05. The zero-order chi connectivity index (χ0) is 16.3. The quantitative estimate of drug-likeness (QED) is 0.625. The van der Waals surface area contributed by atoms with E-state index >= 15 is 0 Å². The number of benzene rings is 1. The summed E-state index contributed by atoms with van der Waals surface area (Å²) >= 11 is 3.14. The van der Waals surface area contributed by atoms with Crippen molar-refractivity contribution in [3.05, 3.63) is 38.3 Å². The predicted octanol–water partition coefficient (Wildman–Crippen LogP) is 2.73. The molecule has 1 amide bonds. The Morgan fingerprint density at radius 3 is 2.45 bits per heavy atom. The monoisotopic (exact) mass is 370 g/mol. The summed E-state index contributed by atoms with van der Waals surface area (Å²) in [5, 5.41) is 22.7. The van der Waals surface area contributed by atoms with Crippen molar-refractivity contribution < 1.29 is 19.6 Å². The van der Waals surface area contributed by atoms with Crippen molar-refractivity contribution >= 4 is 33.5 Å². The lowest BCUT2D eigenvalue weighted by Gasteiger charge is -2.26. The summed E-state index contributed by atoms with van der Waals surface area (Å²) in [5.74, 6) is -1.68. The second-order valence-corrected chi connectivity index (χ2v) is 6.19. The van der Waals surface area contributed by atoms with Crippen LogP contribution in [0.4, 0.5) is 5.69 Å². The number of halogens is 1. The van der Waals surface area contributed by atoms with Gasteiger partial charge >= 0.3 is 5.97 Å². The fourth-order valence-corrected chi connectivity index (χ4v) is 2.94. The number of carbonyl (C=O) groups excluding carboxylic acids is 1. The van der Waals surface area contributed by atoms with Crippen molar-refractivity contribution in [1.82, 2.24) is 5.32 Å². The molecule has 2 rings (SSSR count). The van der Waals surface area contributed by atoms with Gasteiger partial charge in [-0.05, 0) is 37.8 Å². The highest BCUT2D eigenvalue weighted by Gasteiger charge is 2.28. The van der Waals surface area contributed by atoms with Crippen LogP contribution in [-0.2, 0) is 4.79 Å². The summed E-state index contributed by atoms with van der Waals surface area (Å²) in [6, 6.07) is 4.12. The second-order valence-electron chi connectivity index (χ2n) is 5.28. The Morgan fingerprint density at radius 2 is 1.91 bits per heavy atom. The van der Waals surface area contributed by atoms with Crippen LogP contribution in [0.5, 0.6) is 0 Å². The highest BCUT2D eigenvalue weighted by Crippen LogP contribution is 2.26. The Hall–Kier alpha value is -1.96. The molecule has 0 atom stereocenters. The van der Waals surface area contributed by atoms with Crippen LogP contribution in [0.25, 0.3) is 0 Å². The first-order chi connectivity index (χ1) is 10.4. The number of hydrogen-bond donors (Lipinski definition) is 2. The Kier molecular flexibility index (Phi) is 5.12. The van der Waals surface area contributed by atoms with Crippen molar-refractivity contribution in [2.75, 3.05) is 0 Å². The van der Waals surface area contributed by atoms with Crippen LogP contribution in [0, 0.1) is 16.0 Å². The third-order valence-corrected chi connectivity index (χ3v) is 4.31. The minimum Gasteiger partial charge on any atom is -0.481 e. The van der Waals surface area contributed by atoms with Gasteiger partial charge in [-0.2, -0.15) is 0 Å². The van der Waals surface area contributed by atoms with Gasteiger partial charge in [-0.15, -0.1) is 0 Å². The number of nitro benzene ring substituents is 1. The van der Waals surface area contributed by atoms with Gasteiger partial charge in [0.1, 0.15) is 5.56 Å². The molecule has 0 unspecified atom stereocenters. The van der Waals surface area contributed by atoms with E-state index in [9.17, 15) is 19.7 Å². The highest BCUT2D eigenvalue weighted by atomic mass is 79.9. The van der Waals surface area contributed by atoms with E-state index < -0.39 is 16.8 Å². The molecule has 118 valence electrons. The van der Waals surface area contributed by atoms with Gasteiger partial charge in [0.2, 0.25) is 0 Å². The summed E-state index contributed by atoms with van der Waals surface area (Å²) in [6.45, 7) is 0. The smallest absolute Gasteiger partial charge is 0.306 e. The molecule has 1 aliphatic rings. The number of amides is 1. The second kappa shape index (κ2) is 6.87. The number of carboxylic acid groups (broad SMARTS) is 1. The zero-order valence-corrected chi connectivity index (χ0v) is 13.2. The largest absolute Gasteiger partial charge is 0.481 e. The first-order valence-corrected chi connectivity index (χ1v) is 7.65. The molecule has 0 radical (unpaired) electrons. The van der Waals surface area contributed by atoms with Crippen molar-refractivity contribution in [3.8, 4) is 0 Å². The van der Waals surface area contributed by atoms with Crippen LogP contribution in [0.3, 0.4) is 0 Å². The predicted molar refractivity (Wildman–Crippen MR) is 81.6 cm³/mol. The summed E-state index contributed by atoms with van der Waals surface area (Å²) in [7, 11) is 0. The average Bonchev–Trinajstić information content (AvgIpc) is 2.47. The molecule has 1 aliphatic carbocycles. The van der Waals surface area contributed by atoms with Gasteiger partial charge in [0.15, 0.2) is 0 Å². The molecule has 1 fully saturated rings. The van der Waals surface area contributed by atoms with Gasteiger partial charge in [-0.25, -0.2) is 0 Å². The number of carboxylic acids is 1. The van der Waals surface area contributed by atoms with Gasteiger partial charge in [-0.3, -0.25) is 19.7 Å². The minimum absolute atomic E-state index is 0.00792. The van der Waals surface area contributed by atoms with E-state index in [-0.39, 0.29) is 23.2 Å². The highest BCUT2D eigenvalue weighted by molar-refractivity contribution is 9.10. The van der Waals surface area contributed by atoms with Gasteiger partial charge in [-0.1, -0.05) is 15.9 Å². The number of nitrogens with zero attached hydrogens (tertiary/aromatic N) is 1. The minimum atomic E-state index is -0.812. The first kappa shape index (κ1) is 16.4. The van der Waals surface area contributed by atoms with Crippen LogP contribution in [0.15, 0.2) is 22.7 Å². The maximum Gasteiger partial charge on any atom is 0.306 e. The van der Waals surface area contributed by atoms with Gasteiger partial charge in [0, 0.05) is 16.6 Å². The number of rotatable bonds is 4. The fourth-order valence-electron chi connectivity index (χ4n) is 2.60. The van der Waals surface area contributed by atoms with Crippen LogP contribution in [-0.4, -0.2) is 27.9 Å². The van der Waals surface area contributed by atoms with Crippen molar-refractivity contribution in [3.63, 3.8) is 0 Å². The average molecular weight is 371 g/mol. The molecule has 0 saturated heterocycles. The van der Waals surface area contributed by atoms with Crippen molar-refractivity contribution in [2.45, 2.75) is 31.7 Å². The van der Waals surface area contributed by atoms with E-state index in [0.717, 1.165) is 0 Å². The van der Waals surface area contributed by atoms with E-state index in [1.807, 2.05) is 0 Å². The molecule has 1 aromatic carbocycles. The van der Waals surface area contributed by atoms with E-state index in [4.69, 9.17) is 5.11 Å². The maximum absolute atomic E-state index is 12.2. The van der Waals surface area contributed by atoms with E-state index in [2.05, 4.69) is 21.2 Å². The lowest BCUT2D eigenvalue weighted by Crippen LogP contribution is -2.38. The molecule has 1 aromatic rings. The molecule has 0 heterocycles. The van der Waals surface area contributed by atoms with Gasteiger partial charge < -0.3 is 10.4 Å². The third kappa shape index (κ3) is 3.82. The number of nitrogens with one attached hydrogen (secondary N) is 1. The zero-order valence-electron chi connectivity index (χ0n) is 11.6. The van der Waals surface area contributed by atoms with Gasteiger partial charge in [0.05, 0.1) is 10.8 Å². The maximum atomic E-state index is 12.2. The van der Waals surface area contributed by atoms with E-state index in [1.165, 1.54) is 12.1 Å². The summed E-state index contributed by atoms with van der Waals surface area (Å²) in [4.78, 5) is 33.5. The molecule has 0 aromatic heterocycles. The molecule has 22 heavy (non-hydrogen) atoms.